The molecule has 0 unspecified atom stereocenters. The number of rotatable bonds is 6. The van der Waals surface area contributed by atoms with E-state index in [0.717, 1.165) is 6.42 Å². The highest BCUT2D eigenvalue weighted by atomic mass is 35.5. The Balaban J connectivity index is 1.46. The summed E-state index contributed by atoms with van der Waals surface area (Å²) in [5, 5.41) is 5.39. The molecule has 2 amide bonds. The Hall–Kier alpha value is -2.45. The van der Waals surface area contributed by atoms with Crippen molar-refractivity contribution in [1.82, 2.24) is 4.98 Å². The van der Waals surface area contributed by atoms with Crippen LogP contribution >= 0.6 is 22.9 Å². The van der Waals surface area contributed by atoms with E-state index >= 15 is 0 Å². The molecule has 1 aromatic heterocycles. The van der Waals surface area contributed by atoms with Crippen molar-refractivity contribution in [1.29, 1.82) is 0 Å². The molecule has 26 heavy (non-hydrogen) atoms. The number of esters is 1. The quantitative estimate of drug-likeness (QED) is 0.762. The molecule has 0 atom stereocenters. The second-order valence-electron chi connectivity index (χ2n) is 5.67. The number of hydrogen-bond donors (Lipinski definition) is 1. The number of aromatic nitrogens is 1. The Bertz CT molecular complexity index is 839. The number of benzene rings is 1. The number of nitrogens with one attached hydrogen (secondary N) is 1. The summed E-state index contributed by atoms with van der Waals surface area (Å²) in [4.78, 5) is 41.3. The minimum Gasteiger partial charge on any atom is -0.455 e. The van der Waals surface area contributed by atoms with Gasteiger partial charge >= 0.3 is 5.97 Å². The summed E-state index contributed by atoms with van der Waals surface area (Å²) in [6.45, 7) is 0.257. The van der Waals surface area contributed by atoms with Crippen molar-refractivity contribution in [3.8, 4) is 0 Å². The number of carbonyl (C=O) groups excluding carboxylic acids is 3. The summed E-state index contributed by atoms with van der Waals surface area (Å²) < 4.78 is 4.97. The maximum Gasteiger partial charge on any atom is 0.312 e. The van der Waals surface area contributed by atoms with Crippen molar-refractivity contribution in [2.75, 3.05) is 23.4 Å². The largest absolute Gasteiger partial charge is 0.455 e. The van der Waals surface area contributed by atoms with Crippen LogP contribution in [0.25, 0.3) is 0 Å². The molecule has 1 aliphatic heterocycles. The molecule has 136 valence electrons. The van der Waals surface area contributed by atoms with Gasteiger partial charge in [-0.05, 0) is 24.6 Å². The lowest BCUT2D eigenvalue weighted by Gasteiger charge is -2.10. The van der Waals surface area contributed by atoms with E-state index < -0.39 is 18.5 Å². The highest BCUT2D eigenvalue weighted by Gasteiger charge is 2.24. The molecule has 3 rings (SSSR count). The first kappa shape index (κ1) is 18.3. The first-order chi connectivity index (χ1) is 12.5. The molecule has 0 aliphatic carbocycles. The van der Waals surface area contributed by atoms with Crippen molar-refractivity contribution in [3.05, 3.63) is 40.4 Å². The molecule has 0 spiro atoms. The molecule has 0 saturated carbocycles. The summed E-state index contributed by atoms with van der Waals surface area (Å²) in [6, 6.07) is 6.67. The Labute approximate surface area is 158 Å². The average Bonchev–Trinajstić information content (AvgIpc) is 3.21. The van der Waals surface area contributed by atoms with Crippen LogP contribution in [0, 0.1) is 0 Å². The first-order valence-electron chi connectivity index (χ1n) is 7.97. The van der Waals surface area contributed by atoms with Gasteiger partial charge in [-0.2, -0.15) is 0 Å². The predicted octanol–water partition coefficient (Wildman–Crippen LogP) is 2.65. The van der Waals surface area contributed by atoms with Crippen LogP contribution in [0.5, 0.6) is 0 Å². The summed E-state index contributed by atoms with van der Waals surface area (Å²) in [7, 11) is 0. The SMILES string of the molecule is O=C(COC(=O)Cc1csc(N2CCCC2=O)n1)Nc1cccc(Cl)c1. The number of carbonyl (C=O) groups is 3. The number of thiazole rings is 1. The van der Waals surface area contributed by atoms with E-state index in [-0.39, 0.29) is 12.3 Å². The molecule has 9 heteroatoms. The highest BCUT2D eigenvalue weighted by Crippen LogP contribution is 2.25. The van der Waals surface area contributed by atoms with Crippen LogP contribution < -0.4 is 10.2 Å². The van der Waals surface area contributed by atoms with Gasteiger partial charge in [-0.3, -0.25) is 19.3 Å². The van der Waals surface area contributed by atoms with Crippen molar-refractivity contribution in [3.63, 3.8) is 0 Å². The van der Waals surface area contributed by atoms with Gasteiger partial charge in [-0.15, -0.1) is 11.3 Å². The lowest BCUT2D eigenvalue weighted by Crippen LogP contribution is -2.23. The van der Waals surface area contributed by atoms with Crippen LogP contribution in [0.1, 0.15) is 18.5 Å². The lowest BCUT2D eigenvalue weighted by atomic mass is 10.3. The molecule has 1 saturated heterocycles. The average molecular weight is 394 g/mol. The number of amides is 2. The van der Waals surface area contributed by atoms with E-state index in [4.69, 9.17) is 16.3 Å². The maximum atomic E-state index is 11.9. The van der Waals surface area contributed by atoms with Gasteiger partial charge in [0.2, 0.25) is 5.91 Å². The van der Waals surface area contributed by atoms with Crippen molar-refractivity contribution in [2.45, 2.75) is 19.3 Å². The molecule has 0 bridgehead atoms. The minimum atomic E-state index is -0.559. The zero-order valence-corrected chi connectivity index (χ0v) is 15.3. The van der Waals surface area contributed by atoms with Crippen LogP contribution in [-0.4, -0.2) is 35.9 Å². The normalized spacial score (nSPS) is 13.7. The minimum absolute atomic E-state index is 0.0474. The van der Waals surface area contributed by atoms with Gasteiger partial charge < -0.3 is 10.1 Å². The van der Waals surface area contributed by atoms with Gasteiger partial charge in [-0.1, -0.05) is 17.7 Å². The van der Waals surface area contributed by atoms with Gasteiger partial charge in [0.25, 0.3) is 5.91 Å². The monoisotopic (exact) mass is 393 g/mol. The maximum absolute atomic E-state index is 11.9. The second kappa shape index (κ2) is 8.29. The topological polar surface area (TPSA) is 88.6 Å². The summed E-state index contributed by atoms with van der Waals surface area (Å²) in [5.74, 6) is -0.968. The fourth-order valence-electron chi connectivity index (χ4n) is 2.46. The van der Waals surface area contributed by atoms with Gasteiger partial charge in [-0.25, -0.2) is 4.98 Å². The number of halogens is 1. The van der Waals surface area contributed by atoms with Crippen molar-refractivity contribution in [2.24, 2.45) is 0 Å². The van der Waals surface area contributed by atoms with Crippen LogP contribution in [-0.2, 0) is 25.5 Å². The molecular formula is C17H16ClN3O4S. The summed E-state index contributed by atoms with van der Waals surface area (Å²) in [6.07, 6.45) is 1.29. The second-order valence-corrected chi connectivity index (χ2v) is 6.94. The number of ether oxygens (including phenoxy) is 1. The number of anilines is 2. The zero-order valence-electron chi connectivity index (χ0n) is 13.7. The van der Waals surface area contributed by atoms with Crippen molar-refractivity contribution >= 4 is 51.5 Å². The molecule has 1 fully saturated rings. The predicted molar refractivity (Wildman–Crippen MR) is 98.4 cm³/mol. The Kier molecular flexibility index (Phi) is 5.85. The molecule has 2 heterocycles. The van der Waals surface area contributed by atoms with Gasteiger partial charge in [0.15, 0.2) is 11.7 Å². The van der Waals surface area contributed by atoms with Gasteiger partial charge in [0.05, 0.1) is 12.1 Å². The van der Waals surface area contributed by atoms with E-state index in [0.29, 0.717) is 34.5 Å². The fraction of sp³-hybridized carbons (Fsp3) is 0.294. The van der Waals surface area contributed by atoms with E-state index in [1.165, 1.54) is 11.3 Å². The third-order valence-electron chi connectivity index (χ3n) is 3.64. The molecule has 1 aliphatic rings. The Morgan fingerprint density at radius 3 is 2.96 bits per heavy atom. The molecule has 1 N–H and O–H groups in total. The van der Waals surface area contributed by atoms with E-state index in [2.05, 4.69) is 10.3 Å². The number of hydrogen-bond acceptors (Lipinski definition) is 6. The molecule has 7 nitrogen and oxygen atoms in total. The van der Waals surface area contributed by atoms with Crippen molar-refractivity contribution < 1.29 is 19.1 Å². The van der Waals surface area contributed by atoms with Gasteiger partial charge in [0, 0.05) is 29.1 Å². The van der Waals surface area contributed by atoms with E-state index in [1.807, 2.05) is 0 Å². The Morgan fingerprint density at radius 2 is 2.23 bits per heavy atom. The van der Waals surface area contributed by atoms with E-state index in [1.54, 1.807) is 34.5 Å². The lowest BCUT2D eigenvalue weighted by molar-refractivity contribution is -0.146. The van der Waals surface area contributed by atoms with E-state index in [9.17, 15) is 14.4 Å². The smallest absolute Gasteiger partial charge is 0.312 e. The standard InChI is InChI=1S/C17H16ClN3O4S/c18-11-3-1-4-12(7-11)19-14(22)9-25-16(24)8-13-10-26-17(20-13)21-6-2-5-15(21)23/h1,3-4,7,10H,2,5-6,8-9H2,(H,19,22). The molecule has 0 radical (unpaired) electrons. The van der Waals surface area contributed by atoms with Crippen LogP contribution in [0.15, 0.2) is 29.6 Å². The molecule has 2 aromatic rings. The van der Waals surface area contributed by atoms with Crippen LogP contribution in [0.3, 0.4) is 0 Å². The van der Waals surface area contributed by atoms with Crippen LogP contribution in [0.2, 0.25) is 5.02 Å². The zero-order chi connectivity index (χ0) is 18.5. The fourth-order valence-corrected chi connectivity index (χ4v) is 3.52. The molecule has 1 aromatic carbocycles. The third kappa shape index (κ3) is 4.80. The van der Waals surface area contributed by atoms with Crippen LogP contribution in [0.4, 0.5) is 10.8 Å². The highest BCUT2D eigenvalue weighted by molar-refractivity contribution is 7.14. The summed E-state index contributed by atoms with van der Waals surface area (Å²) >= 11 is 7.15. The summed E-state index contributed by atoms with van der Waals surface area (Å²) in [5.41, 5.74) is 1.04. The first-order valence-corrected chi connectivity index (χ1v) is 9.23. The van der Waals surface area contributed by atoms with Gasteiger partial charge in [0.1, 0.15) is 0 Å². The Morgan fingerprint density at radius 1 is 1.38 bits per heavy atom. The molecular weight excluding hydrogens is 378 g/mol. The third-order valence-corrected chi connectivity index (χ3v) is 4.79. The number of nitrogens with zero attached hydrogens (tertiary/aromatic N) is 2.